The fourth-order valence-electron chi connectivity index (χ4n) is 2.86. The molecule has 1 aliphatic heterocycles. The van der Waals surface area contributed by atoms with E-state index in [9.17, 15) is 4.79 Å². The summed E-state index contributed by atoms with van der Waals surface area (Å²) in [6.45, 7) is 3.44. The van der Waals surface area contributed by atoms with Crippen LogP contribution in [0.1, 0.15) is 31.1 Å². The van der Waals surface area contributed by atoms with Crippen molar-refractivity contribution < 1.29 is 9.32 Å². The molecule has 1 aromatic carbocycles. The Kier molecular flexibility index (Phi) is 3.30. The van der Waals surface area contributed by atoms with Gasteiger partial charge in [-0.05, 0) is 12.0 Å². The van der Waals surface area contributed by atoms with Gasteiger partial charge in [0.05, 0.1) is 12.7 Å². The minimum absolute atomic E-state index is 0.00912. The minimum atomic E-state index is 0.00912. The Bertz CT molecular complexity index is 580. The van der Waals surface area contributed by atoms with Gasteiger partial charge in [0.2, 0.25) is 5.91 Å². The maximum absolute atomic E-state index is 12.1. The van der Waals surface area contributed by atoms with Gasteiger partial charge < -0.3 is 9.42 Å². The number of likely N-dealkylation sites (tertiary alicyclic amines) is 1. The van der Waals surface area contributed by atoms with Gasteiger partial charge in [-0.15, -0.1) is 0 Å². The standard InChI is InChI=1S/C16H18N2O2/c1-16(13-5-3-2-4-6-13)9-7-15(19)18(12-16)11-14-8-10-17-20-14/h2-6,8,10H,7,9,11-12H2,1H3/t16-/m1/s1. The lowest BCUT2D eigenvalue weighted by Gasteiger charge is -2.40. The van der Waals surface area contributed by atoms with Crippen LogP contribution in [0, 0.1) is 0 Å². The first-order chi connectivity index (χ1) is 9.67. The third-order valence-corrected chi connectivity index (χ3v) is 4.09. The van der Waals surface area contributed by atoms with E-state index in [1.807, 2.05) is 17.0 Å². The van der Waals surface area contributed by atoms with Crippen molar-refractivity contribution in [1.29, 1.82) is 0 Å². The van der Waals surface area contributed by atoms with Crippen LogP contribution in [0.4, 0.5) is 0 Å². The molecule has 0 spiro atoms. The molecule has 1 aliphatic rings. The second-order valence-electron chi connectivity index (χ2n) is 5.66. The molecule has 4 nitrogen and oxygen atoms in total. The number of carbonyl (C=O) groups excluding carboxylic acids is 1. The Morgan fingerprint density at radius 1 is 1.30 bits per heavy atom. The molecule has 1 amide bonds. The summed E-state index contributed by atoms with van der Waals surface area (Å²) in [7, 11) is 0. The molecule has 3 rings (SSSR count). The highest BCUT2D eigenvalue weighted by molar-refractivity contribution is 5.77. The van der Waals surface area contributed by atoms with E-state index in [0.29, 0.717) is 13.0 Å². The Balaban J connectivity index is 1.80. The van der Waals surface area contributed by atoms with E-state index in [2.05, 4.69) is 36.3 Å². The van der Waals surface area contributed by atoms with Gasteiger partial charge in [-0.2, -0.15) is 0 Å². The van der Waals surface area contributed by atoms with Crippen molar-refractivity contribution in [3.8, 4) is 0 Å². The highest BCUT2D eigenvalue weighted by Crippen LogP contribution is 2.34. The lowest BCUT2D eigenvalue weighted by atomic mass is 9.75. The molecular weight excluding hydrogens is 252 g/mol. The van der Waals surface area contributed by atoms with Crippen molar-refractivity contribution >= 4 is 5.91 Å². The van der Waals surface area contributed by atoms with Gasteiger partial charge in [0.15, 0.2) is 5.76 Å². The molecular formula is C16H18N2O2. The number of nitrogens with zero attached hydrogens (tertiary/aromatic N) is 2. The molecule has 0 bridgehead atoms. The predicted molar refractivity (Wildman–Crippen MR) is 74.9 cm³/mol. The van der Waals surface area contributed by atoms with Gasteiger partial charge in [0.25, 0.3) is 0 Å². The minimum Gasteiger partial charge on any atom is -0.360 e. The Morgan fingerprint density at radius 2 is 2.10 bits per heavy atom. The van der Waals surface area contributed by atoms with Crippen LogP contribution in [0.2, 0.25) is 0 Å². The summed E-state index contributed by atoms with van der Waals surface area (Å²) in [5.41, 5.74) is 1.30. The van der Waals surface area contributed by atoms with Crippen LogP contribution >= 0.6 is 0 Å². The van der Waals surface area contributed by atoms with Gasteiger partial charge in [0, 0.05) is 24.4 Å². The zero-order valence-corrected chi connectivity index (χ0v) is 11.6. The number of rotatable bonds is 3. The van der Waals surface area contributed by atoms with E-state index in [0.717, 1.165) is 18.7 Å². The molecule has 0 unspecified atom stereocenters. The molecule has 0 radical (unpaired) electrons. The normalized spacial score (nSPS) is 23.1. The summed E-state index contributed by atoms with van der Waals surface area (Å²) in [6, 6.07) is 12.2. The molecule has 104 valence electrons. The van der Waals surface area contributed by atoms with Gasteiger partial charge >= 0.3 is 0 Å². The quantitative estimate of drug-likeness (QED) is 0.861. The van der Waals surface area contributed by atoms with Crippen LogP contribution in [0.25, 0.3) is 0 Å². The van der Waals surface area contributed by atoms with Crippen LogP contribution in [0.5, 0.6) is 0 Å². The zero-order chi connectivity index (χ0) is 14.0. The largest absolute Gasteiger partial charge is 0.360 e. The van der Waals surface area contributed by atoms with Crippen molar-refractivity contribution in [1.82, 2.24) is 10.1 Å². The number of hydrogen-bond acceptors (Lipinski definition) is 3. The van der Waals surface area contributed by atoms with Gasteiger partial charge in [-0.25, -0.2) is 0 Å². The average molecular weight is 270 g/mol. The topological polar surface area (TPSA) is 46.3 Å². The maximum atomic E-state index is 12.1. The third-order valence-electron chi connectivity index (χ3n) is 4.09. The van der Waals surface area contributed by atoms with E-state index in [1.54, 1.807) is 6.20 Å². The molecule has 0 saturated carbocycles. The monoisotopic (exact) mass is 270 g/mol. The lowest BCUT2D eigenvalue weighted by Crippen LogP contribution is -2.46. The SMILES string of the molecule is C[C@@]1(c2ccccc2)CCC(=O)N(Cc2ccno2)C1. The van der Waals surface area contributed by atoms with Crippen LogP contribution in [0.15, 0.2) is 47.1 Å². The number of aromatic nitrogens is 1. The first-order valence-corrected chi connectivity index (χ1v) is 6.90. The van der Waals surface area contributed by atoms with E-state index in [1.165, 1.54) is 5.56 Å². The predicted octanol–water partition coefficient (Wildman–Crippen LogP) is 2.75. The van der Waals surface area contributed by atoms with Crippen molar-refractivity contribution in [3.63, 3.8) is 0 Å². The van der Waals surface area contributed by atoms with E-state index < -0.39 is 0 Å². The summed E-state index contributed by atoms with van der Waals surface area (Å²) in [6.07, 6.45) is 3.09. The summed E-state index contributed by atoms with van der Waals surface area (Å²) < 4.78 is 5.11. The van der Waals surface area contributed by atoms with Crippen LogP contribution in [-0.4, -0.2) is 22.5 Å². The van der Waals surface area contributed by atoms with Crippen molar-refractivity contribution in [3.05, 3.63) is 53.9 Å². The smallest absolute Gasteiger partial charge is 0.223 e. The van der Waals surface area contributed by atoms with Crippen molar-refractivity contribution in [2.24, 2.45) is 0 Å². The summed E-state index contributed by atoms with van der Waals surface area (Å²) in [4.78, 5) is 14.0. The molecule has 2 aromatic rings. The molecule has 20 heavy (non-hydrogen) atoms. The van der Waals surface area contributed by atoms with E-state index in [-0.39, 0.29) is 11.3 Å². The molecule has 0 aliphatic carbocycles. The Morgan fingerprint density at radius 3 is 2.80 bits per heavy atom. The summed E-state index contributed by atoms with van der Waals surface area (Å²) in [5.74, 6) is 0.922. The molecule has 1 saturated heterocycles. The average Bonchev–Trinajstić information content (AvgIpc) is 2.97. The van der Waals surface area contributed by atoms with Gasteiger partial charge in [-0.1, -0.05) is 42.4 Å². The first-order valence-electron chi connectivity index (χ1n) is 6.90. The zero-order valence-electron chi connectivity index (χ0n) is 11.6. The maximum Gasteiger partial charge on any atom is 0.223 e. The van der Waals surface area contributed by atoms with Crippen LogP contribution < -0.4 is 0 Å². The summed E-state index contributed by atoms with van der Waals surface area (Å²) >= 11 is 0. The molecule has 1 atom stereocenters. The second-order valence-corrected chi connectivity index (χ2v) is 5.66. The first kappa shape index (κ1) is 12.9. The fourth-order valence-corrected chi connectivity index (χ4v) is 2.86. The van der Waals surface area contributed by atoms with Gasteiger partial charge in [0.1, 0.15) is 0 Å². The van der Waals surface area contributed by atoms with E-state index >= 15 is 0 Å². The number of piperidine rings is 1. The second kappa shape index (κ2) is 5.12. The molecule has 1 fully saturated rings. The number of carbonyl (C=O) groups is 1. The fraction of sp³-hybridized carbons (Fsp3) is 0.375. The number of hydrogen-bond donors (Lipinski definition) is 0. The third kappa shape index (κ3) is 2.46. The van der Waals surface area contributed by atoms with Crippen LogP contribution in [0.3, 0.4) is 0 Å². The van der Waals surface area contributed by atoms with Crippen molar-refractivity contribution in [2.45, 2.75) is 31.7 Å². The lowest BCUT2D eigenvalue weighted by molar-refractivity contribution is -0.136. The number of amides is 1. The summed E-state index contributed by atoms with van der Waals surface area (Å²) in [5, 5.41) is 3.69. The highest BCUT2D eigenvalue weighted by Gasteiger charge is 2.36. The molecule has 0 N–H and O–H groups in total. The highest BCUT2D eigenvalue weighted by atomic mass is 16.5. The number of benzene rings is 1. The molecule has 1 aromatic heterocycles. The van der Waals surface area contributed by atoms with Crippen LogP contribution in [-0.2, 0) is 16.8 Å². The molecule has 2 heterocycles. The Labute approximate surface area is 118 Å². The van der Waals surface area contributed by atoms with Crippen molar-refractivity contribution in [2.75, 3.05) is 6.54 Å². The van der Waals surface area contributed by atoms with E-state index in [4.69, 9.17) is 4.52 Å². The van der Waals surface area contributed by atoms with Gasteiger partial charge in [-0.3, -0.25) is 4.79 Å². The molecule has 4 heteroatoms. The Hall–Kier alpha value is -2.10.